The summed E-state index contributed by atoms with van der Waals surface area (Å²) in [6.45, 7) is -1.27. The van der Waals surface area contributed by atoms with E-state index in [9.17, 15) is 26.7 Å². The molecule has 1 aliphatic carbocycles. The number of carbonyl (C=O) groups is 1. The van der Waals surface area contributed by atoms with Gasteiger partial charge in [0.1, 0.15) is 13.3 Å². The normalized spacial score (nSPS) is 15.7. The van der Waals surface area contributed by atoms with E-state index in [1.54, 1.807) is 6.07 Å². The molecule has 1 unspecified atom stereocenters. The smallest absolute Gasteiger partial charge is 0.391 e. The zero-order chi connectivity index (χ0) is 19.6. The summed E-state index contributed by atoms with van der Waals surface area (Å²) >= 11 is 0. The SMILES string of the molecule is FC(F)(F)C1CCCC1.NC(=O)NCc1ccnc(OCC(F)CF)c1.[HH].[HH]. The fourth-order valence-electron chi connectivity index (χ4n) is 2.30. The molecule has 1 aromatic rings. The molecule has 1 fully saturated rings. The van der Waals surface area contributed by atoms with Gasteiger partial charge in [0.25, 0.3) is 0 Å². The Morgan fingerprint density at radius 2 is 2.08 bits per heavy atom. The van der Waals surface area contributed by atoms with Gasteiger partial charge in [-0.15, -0.1) is 0 Å². The van der Waals surface area contributed by atoms with E-state index in [-0.39, 0.29) is 15.3 Å². The number of aromatic nitrogens is 1. The fraction of sp³-hybridized carbons (Fsp3) is 0.625. The fourth-order valence-corrected chi connectivity index (χ4v) is 2.30. The second kappa shape index (κ2) is 10.8. The van der Waals surface area contributed by atoms with Gasteiger partial charge in [0.15, 0.2) is 6.17 Å². The first-order chi connectivity index (χ1) is 12.2. The lowest BCUT2D eigenvalue weighted by molar-refractivity contribution is -0.172. The van der Waals surface area contributed by atoms with E-state index >= 15 is 0 Å². The monoisotopic (exact) mass is 387 g/mol. The lowest BCUT2D eigenvalue weighted by Crippen LogP contribution is -2.28. The Morgan fingerprint density at radius 1 is 1.42 bits per heavy atom. The highest BCUT2D eigenvalue weighted by atomic mass is 19.4. The Labute approximate surface area is 151 Å². The maximum absolute atomic E-state index is 12.6. The largest absolute Gasteiger partial charge is 0.474 e. The van der Waals surface area contributed by atoms with Crippen LogP contribution in [0.2, 0.25) is 0 Å². The van der Waals surface area contributed by atoms with Crippen molar-refractivity contribution in [3.63, 3.8) is 0 Å². The number of halogens is 5. The third kappa shape index (κ3) is 8.82. The number of urea groups is 1. The summed E-state index contributed by atoms with van der Waals surface area (Å²) in [6.07, 6.45) is -1.93. The Kier molecular flexibility index (Phi) is 9.08. The molecule has 10 heteroatoms. The van der Waals surface area contributed by atoms with E-state index in [1.807, 2.05) is 0 Å². The molecule has 26 heavy (non-hydrogen) atoms. The van der Waals surface area contributed by atoms with Gasteiger partial charge in [0, 0.05) is 21.7 Å². The number of carbonyl (C=O) groups excluding carboxylic acids is 1. The van der Waals surface area contributed by atoms with Crippen LogP contribution in [-0.2, 0) is 6.54 Å². The van der Waals surface area contributed by atoms with Crippen molar-refractivity contribution in [2.45, 2.75) is 44.6 Å². The predicted octanol–water partition coefficient (Wildman–Crippen LogP) is 4.17. The van der Waals surface area contributed by atoms with Crippen molar-refractivity contribution in [1.29, 1.82) is 0 Å². The summed E-state index contributed by atoms with van der Waals surface area (Å²) in [5.74, 6) is -0.817. The minimum Gasteiger partial charge on any atom is -0.474 e. The maximum Gasteiger partial charge on any atom is 0.391 e. The van der Waals surface area contributed by atoms with E-state index < -0.39 is 37.6 Å². The summed E-state index contributed by atoms with van der Waals surface area (Å²) < 4.78 is 64.6. The number of nitrogens with one attached hydrogen (secondary N) is 1. The van der Waals surface area contributed by atoms with Gasteiger partial charge in [-0.25, -0.2) is 18.6 Å². The third-order valence-corrected chi connectivity index (χ3v) is 3.66. The van der Waals surface area contributed by atoms with Crippen LogP contribution in [0.5, 0.6) is 5.88 Å². The molecule has 1 atom stereocenters. The van der Waals surface area contributed by atoms with Crippen molar-refractivity contribution in [2.75, 3.05) is 13.3 Å². The highest BCUT2D eigenvalue weighted by Crippen LogP contribution is 2.38. The molecular weight excluding hydrogens is 361 g/mol. The minimum absolute atomic E-state index is 0. The molecule has 152 valence electrons. The van der Waals surface area contributed by atoms with Gasteiger partial charge in [0.2, 0.25) is 5.88 Å². The number of nitrogens with zero attached hydrogens (tertiary/aromatic N) is 1. The Hall–Kier alpha value is -2.13. The quantitative estimate of drug-likeness (QED) is 0.720. The van der Waals surface area contributed by atoms with Crippen molar-refractivity contribution >= 4 is 6.03 Å². The van der Waals surface area contributed by atoms with Crippen molar-refractivity contribution in [1.82, 2.24) is 10.3 Å². The first-order valence-corrected chi connectivity index (χ1v) is 8.10. The minimum atomic E-state index is -3.92. The molecule has 1 heterocycles. The van der Waals surface area contributed by atoms with Gasteiger partial charge in [0.05, 0.1) is 5.92 Å². The van der Waals surface area contributed by atoms with Crippen molar-refractivity contribution in [2.24, 2.45) is 11.7 Å². The number of pyridine rings is 1. The molecular formula is C16H26F5N3O2. The van der Waals surface area contributed by atoms with Gasteiger partial charge in [-0.05, 0) is 24.5 Å². The van der Waals surface area contributed by atoms with Crippen LogP contribution in [0.25, 0.3) is 0 Å². The molecule has 1 saturated carbocycles. The number of amides is 2. The Morgan fingerprint density at radius 3 is 2.58 bits per heavy atom. The lowest BCUT2D eigenvalue weighted by atomic mass is 10.1. The standard InChI is InChI=1S/C10H13F2N3O2.C6H9F3.2H2/c11-4-8(12)6-17-9-3-7(1-2-14-9)5-15-10(13)16;7-6(8,9)5-3-1-2-4-5;;/h1-3,8H,4-6H2,(H3,13,15,16);5H,1-4H2;2*1H. The highest BCUT2D eigenvalue weighted by molar-refractivity contribution is 5.71. The molecule has 3 N–H and O–H groups in total. The van der Waals surface area contributed by atoms with Crippen LogP contribution in [0.15, 0.2) is 18.3 Å². The summed E-state index contributed by atoms with van der Waals surface area (Å²) in [5.41, 5.74) is 5.61. The van der Waals surface area contributed by atoms with E-state index in [0.29, 0.717) is 18.4 Å². The molecule has 1 aliphatic rings. The third-order valence-electron chi connectivity index (χ3n) is 3.66. The van der Waals surface area contributed by atoms with Gasteiger partial charge < -0.3 is 15.8 Å². The van der Waals surface area contributed by atoms with E-state index in [0.717, 1.165) is 12.8 Å². The molecule has 0 saturated heterocycles. The highest BCUT2D eigenvalue weighted by Gasteiger charge is 2.40. The summed E-state index contributed by atoms with van der Waals surface area (Å²) in [5, 5.41) is 2.39. The van der Waals surface area contributed by atoms with E-state index in [2.05, 4.69) is 10.3 Å². The topological polar surface area (TPSA) is 77.2 Å². The van der Waals surface area contributed by atoms with Crippen molar-refractivity contribution < 1.29 is 34.3 Å². The number of primary amides is 1. The first-order valence-electron chi connectivity index (χ1n) is 8.10. The van der Waals surface area contributed by atoms with Crippen LogP contribution in [0, 0.1) is 5.92 Å². The average molecular weight is 387 g/mol. The van der Waals surface area contributed by atoms with Crippen LogP contribution >= 0.6 is 0 Å². The maximum atomic E-state index is 12.6. The van der Waals surface area contributed by atoms with Crippen molar-refractivity contribution in [3.8, 4) is 5.88 Å². The van der Waals surface area contributed by atoms with Gasteiger partial charge in [-0.2, -0.15) is 13.2 Å². The molecule has 2 amide bonds. The number of hydrogen-bond acceptors (Lipinski definition) is 3. The summed E-state index contributed by atoms with van der Waals surface area (Å²) in [6, 6.07) is 2.51. The molecule has 2 rings (SSSR count). The number of nitrogens with two attached hydrogens (primary N) is 1. The van der Waals surface area contributed by atoms with E-state index in [4.69, 9.17) is 10.5 Å². The van der Waals surface area contributed by atoms with Crippen molar-refractivity contribution in [3.05, 3.63) is 23.9 Å². The molecule has 0 aliphatic heterocycles. The van der Waals surface area contributed by atoms with Crippen LogP contribution in [0.1, 0.15) is 34.1 Å². The van der Waals surface area contributed by atoms with Gasteiger partial charge in [-0.3, -0.25) is 0 Å². The lowest BCUT2D eigenvalue weighted by Gasteiger charge is -2.12. The summed E-state index contributed by atoms with van der Waals surface area (Å²) in [4.78, 5) is 14.3. The second-order valence-electron chi connectivity index (χ2n) is 5.81. The number of rotatable bonds is 6. The van der Waals surface area contributed by atoms with Crippen LogP contribution in [0.3, 0.4) is 0 Å². The molecule has 0 spiro atoms. The number of ether oxygens (including phenoxy) is 1. The molecule has 1 aromatic heterocycles. The molecule has 0 bridgehead atoms. The molecule has 0 aromatic carbocycles. The number of hydrogen-bond donors (Lipinski definition) is 2. The average Bonchev–Trinajstić information content (AvgIpc) is 3.14. The Balaban J connectivity index is 0. The first kappa shape index (κ1) is 21.9. The molecule has 5 nitrogen and oxygen atoms in total. The zero-order valence-corrected chi connectivity index (χ0v) is 14.1. The van der Waals surface area contributed by atoms with Gasteiger partial charge >= 0.3 is 12.2 Å². The van der Waals surface area contributed by atoms with Crippen LogP contribution < -0.4 is 15.8 Å². The summed E-state index contributed by atoms with van der Waals surface area (Å²) in [7, 11) is 0. The van der Waals surface area contributed by atoms with Gasteiger partial charge in [-0.1, -0.05) is 12.8 Å². The Bertz CT molecular complexity index is 561. The molecule has 0 radical (unpaired) electrons. The van der Waals surface area contributed by atoms with Crippen LogP contribution in [0.4, 0.5) is 26.7 Å². The zero-order valence-electron chi connectivity index (χ0n) is 14.1. The number of alkyl halides is 5. The van der Waals surface area contributed by atoms with E-state index in [1.165, 1.54) is 12.3 Å². The second-order valence-corrected chi connectivity index (χ2v) is 5.81. The van der Waals surface area contributed by atoms with Crippen LogP contribution in [-0.4, -0.2) is 36.6 Å². The predicted molar refractivity (Wildman–Crippen MR) is 89.3 cm³/mol.